The molecule has 1 atom stereocenters. The van der Waals surface area contributed by atoms with E-state index < -0.39 is 23.1 Å². The van der Waals surface area contributed by atoms with E-state index in [-0.39, 0.29) is 25.4 Å². The summed E-state index contributed by atoms with van der Waals surface area (Å²) in [6.07, 6.45) is 0.0266. The van der Waals surface area contributed by atoms with Crippen molar-refractivity contribution in [3.63, 3.8) is 0 Å². The normalized spacial score (nSPS) is 12.1. The summed E-state index contributed by atoms with van der Waals surface area (Å²) in [6.45, 7) is 1.71. The number of aromatic amines is 1. The van der Waals surface area contributed by atoms with Crippen molar-refractivity contribution in [2.75, 3.05) is 13.6 Å². The molecule has 0 fully saturated rings. The molecule has 0 aliphatic rings. The molecule has 1 heterocycles. The predicted octanol–water partition coefficient (Wildman–Crippen LogP) is 0.259. The van der Waals surface area contributed by atoms with Crippen molar-refractivity contribution in [2.45, 2.75) is 19.9 Å². The summed E-state index contributed by atoms with van der Waals surface area (Å²) in [5.74, 6) is -1.92. The Balaban J connectivity index is 2.17. The molecule has 1 aromatic heterocycles. The van der Waals surface area contributed by atoms with E-state index in [0.717, 1.165) is 0 Å². The number of benzene rings is 1. The summed E-state index contributed by atoms with van der Waals surface area (Å²) in [6, 6.07) is 6.65. The number of carboxylic acids is 1. The molecule has 0 saturated heterocycles. The number of H-pyrrole nitrogens is 1. The Morgan fingerprint density at radius 3 is 2.62 bits per heavy atom. The lowest BCUT2D eigenvalue weighted by Crippen LogP contribution is -2.36. The maximum Gasteiger partial charge on any atom is 0.328 e. The molecule has 0 spiro atoms. The first-order chi connectivity index (χ1) is 11.3. The molecular formula is C16H19N3O5. The number of carbonyl (C=O) groups excluding carboxylic acids is 1. The quantitative estimate of drug-likeness (QED) is 0.787. The van der Waals surface area contributed by atoms with Crippen LogP contribution in [0.15, 0.2) is 33.9 Å². The highest BCUT2D eigenvalue weighted by Gasteiger charge is 2.17. The Morgan fingerprint density at radius 1 is 1.29 bits per heavy atom. The number of carbonyl (C=O) groups is 2. The Morgan fingerprint density at radius 2 is 1.96 bits per heavy atom. The number of nitrogens with zero attached hydrogens (tertiary/aromatic N) is 2. The Hall–Kier alpha value is -2.90. The number of para-hydroxylation sites is 1. The minimum absolute atomic E-state index is 0.0266. The van der Waals surface area contributed by atoms with Crippen LogP contribution >= 0.6 is 0 Å². The van der Waals surface area contributed by atoms with Gasteiger partial charge in [-0.3, -0.25) is 23.9 Å². The first kappa shape index (κ1) is 17.5. The van der Waals surface area contributed by atoms with Crippen LogP contribution in [0.25, 0.3) is 10.9 Å². The summed E-state index contributed by atoms with van der Waals surface area (Å²) < 4.78 is 1.34. The lowest BCUT2D eigenvalue weighted by atomic mass is 10.1. The van der Waals surface area contributed by atoms with Gasteiger partial charge < -0.3 is 10.0 Å². The molecule has 1 aromatic carbocycles. The molecule has 1 amide bonds. The van der Waals surface area contributed by atoms with E-state index in [1.807, 2.05) is 0 Å². The van der Waals surface area contributed by atoms with E-state index in [1.54, 1.807) is 24.3 Å². The van der Waals surface area contributed by atoms with Crippen molar-refractivity contribution in [1.82, 2.24) is 14.5 Å². The SMILES string of the molecule is CC(CN(C)C(=O)CCn1c(=O)[nH]c(=O)c2ccccc21)C(=O)O. The minimum atomic E-state index is -0.975. The molecule has 8 nitrogen and oxygen atoms in total. The van der Waals surface area contributed by atoms with Crippen molar-refractivity contribution in [2.24, 2.45) is 5.92 Å². The van der Waals surface area contributed by atoms with E-state index in [9.17, 15) is 19.2 Å². The zero-order chi connectivity index (χ0) is 17.9. The number of carboxylic acid groups (broad SMARTS) is 1. The van der Waals surface area contributed by atoms with Gasteiger partial charge in [0.15, 0.2) is 0 Å². The predicted molar refractivity (Wildman–Crippen MR) is 87.9 cm³/mol. The smallest absolute Gasteiger partial charge is 0.328 e. The second-order valence-electron chi connectivity index (χ2n) is 5.69. The molecule has 0 saturated carbocycles. The highest BCUT2D eigenvalue weighted by molar-refractivity contribution is 5.79. The molecule has 0 aliphatic carbocycles. The van der Waals surface area contributed by atoms with E-state index in [0.29, 0.717) is 10.9 Å². The number of rotatable bonds is 6. The third kappa shape index (κ3) is 3.70. The zero-order valence-corrected chi connectivity index (χ0v) is 13.5. The second-order valence-corrected chi connectivity index (χ2v) is 5.69. The molecule has 0 bridgehead atoms. The van der Waals surface area contributed by atoms with Gasteiger partial charge in [-0.05, 0) is 12.1 Å². The molecule has 24 heavy (non-hydrogen) atoms. The number of aliphatic carboxylic acids is 1. The Kier molecular flexibility index (Phi) is 5.18. The summed E-state index contributed by atoms with van der Waals surface area (Å²) >= 11 is 0. The third-order valence-electron chi connectivity index (χ3n) is 3.85. The van der Waals surface area contributed by atoms with Crippen molar-refractivity contribution >= 4 is 22.8 Å². The second kappa shape index (κ2) is 7.12. The fourth-order valence-electron chi connectivity index (χ4n) is 2.45. The van der Waals surface area contributed by atoms with Gasteiger partial charge >= 0.3 is 11.7 Å². The van der Waals surface area contributed by atoms with Crippen LogP contribution in [-0.2, 0) is 16.1 Å². The maximum absolute atomic E-state index is 12.1. The summed E-state index contributed by atoms with van der Waals surface area (Å²) in [7, 11) is 1.52. The fraction of sp³-hybridized carbons (Fsp3) is 0.375. The van der Waals surface area contributed by atoms with Crippen molar-refractivity contribution in [3.05, 3.63) is 45.1 Å². The number of nitrogens with one attached hydrogen (secondary N) is 1. The van der Waals surface area contributed by atoms with E-state index in [1.165, 1.54) is 23.4 Å². The number of amides is 1. The van der Waals surface area contributed by atoms with Crippen molar-refractivity contribution in [3.8, 4) is 0 Å². The van der Waals surface area contributed by atoms with Gasteiger partial charge in [-0.25, -0.2) is 4.79 Å². The van der Waals surface area contributed by atoms with E-state index in [4.69, 9.17) is 5.11 Å². The monoisotopic (exact) mass is 333 g/mol. The molecule has 0 aliphatic heterocycles. The van der Waals surface area contributed by atoms with E-state index in [2.05, 4.69) is 4.98 Å². The number of aromatic nitrogens is 2. The van der Waals surface area contributed by atoms with Gasteiger partial charge in [-0.1, -0.05) is 19.1 Å². The largest absolute Gasteiger partial charge is 0.481 e. The van der Waals surface area contributed by atoms with Crippen molar-refractivity contribution < 1.29 is 14.7 Å². The van der Waals surface area contributed by atoms with Crippen LogP contribution in [0.2, 0.25) is 0 Å². The topological polar surface area (TPSA) is 112 Å². The van der Waals surface area contributed by atoms with Crippen LogP contribution in [0.3, 0.4) is 0 Å². The lowest BCUT2D eigenvalue weighted by Gasteiger charge is -2.19. The lowest BCUT2D eigenvalue weighted by molar-refractivity contribution is -0.142. The molecule has 2 N–H and O–H groups in total. The van der Waals surface area contributed by atoms with Crippen LogP contribution in [0.4, 0.5) is 0 Å². The van der Waals surface area contributed by atoms with Gasteiger partial charge in [0.1, 0.15) is 0 Å². The average molecular weight is 333 g/mol. The first-order valence-corrected chi connectivity index (χ1v) is 7.50. The van der Waals surface area contributed by atoms with Gasteiger partial charge in [-0.15, -0.1) is 0 Å². The van der Waals surface area contributed by atoms with Gasteiger partial charge in [0.2, 0.25) is 5.91 Å². The van der Waals surface area contributed by atoms with Crippen LogP contribution in [0.1, 0.15) is 13.3 Å². The number of aryl methyl sites for hydroxylation is 1. The van der Waals surface area contributed by atoms with Gasteiger partial charge in [0, 0.05) is 26.6 Å². The summed E-state index contributed by atoms with van der Waals surface area (Å²) in [5.41, 5.74) is -0.584. The molecule has 2 rings (SSSR count). The van der Waals surface area contributed by atoms with E-state index >= 15 is 0 Å². The number of hydrogen-bond acceptors (Lipinski definition) is 4. The fourth-order valence-corrected chi connectivity index (χ4v) is 2.45. The van der Waals surface area contributed by atoms with Crippen LogP contribution in [0, 0.1) is 5.92 Å². The summed E-state index contributed by atoms with van der Waals surface area (Å²) in [5, 5.41) is 9.26. The minimum Gasteiger partial charge on any atom is -0.481 e. The van der Waals surface area contributed by atoms with Gasteiger partial charge in [0.25, 0.3) is 5.56 Å². The number of hydrogen-bond donors (Lipinski definition) is 2. The summed E-state index contributed by atoms with van der Waals surface area (Å²) in [4.78, 5) is 50.3. The first-order valence-electron chi connectivity index (χ1n) is 7.50. The Labute approximate surface area is 137 Å². The van der Waals surface area contributed by atoms with Crippen LogP contribution < -0.4 is 11.2 Å². The van der Waals surface area contributed by atoms with Gasteiger partial charge in [-0.2, -0.15) is 0 Å². The molecule has 8 heteroatoms. The standard InChI is InChI=1S/C16H19N3O5/c1-10(15(22)23)9-18(2)13(20)7-8-19-12-6-4-3-5-11(12)14(21)17-16(19)24/h3-6,10H,7-9H2,1-2H3,(H,22,23)(H,17,21,24). The molecule has 1 unspecified atom stereocenters. The van der Waals surface area contributed by atoms with Crippen molar-refractivity contribution in [1.29, 1.82) is 0 Å². The molecular weight excluding hydrogens is 314 g/mol. The average Bonchev–Trinajstić information content (AvgIpc) is 2.54. The highest BCUT2D eigenvalue weighted by atomic mass is 16.4. The van der Waals surface area contributed by atoms with Gasteiger partial charge in [0.05, 0.1) is 16.8 Å². The Bertz CT molecular complexity index is 883. The third-order valence-corrected chi connectivity index (χ3v) is 3.85. The molecule has 0 radical (unpaired) electrons. The maximum atomic E-state index is 12.1. The van der Waals surface area contributed by atoms with Crippen LogP contribution in [0.5, 0.6) is 0 Å². The number of fused-ring (bicyclic) bond motifs is 1. The zero-order valence-electron chi connectivity index (χ0n) is 13.5. The molecule has 128 valence electrons. The van der Waals surface area contributed by atoms with Crippen LogP contribution in [-0.4, -0.2) is 45.0 Å². The highest BCUT2D eigenvalue weighted by Crippen LogP contribution is 2.08. The molecule has 2 aromatic rings.